The fourth-order valence-corrected chi connectivity index (χ4v) is 1.67. The summed E-state index contributed by atoms with van der Waals surface area (Å²) in [5.41, 5.74) is 1.51. The zero-order valence-electron chi connectivity index (χ0n) is 10.6. The highest BCUT2D eigenvalue weighted by molar-refractivity contribution is 5.56. The molecule has 5 heteroatoms. The number of nitrogens with zero attached hydrogens (tertiary/aromatic N) is 2. The molecule has 2 N–H and O–H groups in total. The molecule has 0 saturated carbocycles. The summed E-state index contributed by atoms with van der Waals surface area (Å²) in [5.74, 6) is 0.549. The van der Waals surface area contributed by atoms with Crippen molar-refractivity contribution in [3.8, 4) is 11.3 Å². The van der Waals surface area contributed by atoms with Gasteiger partial charge in [0.15, 0.2) is 0 Å². The topological polar surface area (TPSA) is 53.6 Å². The molecule has 2 rings (SSSR count). The third-order valence-electron chi connectivity index (χ3n) is 2.56. The highest BCUT2D eigenvalue weighted by Crippen LogP contribution is 2.16. The number of nitrogens with one attached hydrogen (secondary N) is 2. The van der Waals surface area contributed by atoms with E-state index in [2.05, 4.69) is 34.1 Å². The van der Waals surface area contributed by atoms with Gasteiger partial charge in [0.05, 0.1) is 18.1 Å². The van der Waals surface area contributed by atoms with Crippen molar-refractivity contribution >= 4 is 0 Å². The number of halogens is 1. The maximum atomic E-state index is 13.0. The molecule has 2 heterocycles. The quantitative estimate of drug-likeness (QED) is 0.852. The smallest absolute Gasteiger partial charge is 0.142 e. The van der Waals surface area contributed by atoms with Crippen LogP contribution < -0.4 is 5.32 Å². The van der Waals surface area contributed by atoms with Crippen LogP contribution in [0.15, 0.2) is 24.7 Å². The van der Waals surface area contributed by atoms with E-state index in [-0.39, 0.29) is 5.82 Å². The Kier molecular flexibility index (Phi) is 4.04. The third-order valence-corrected chi connectivity index (χ3v) is 2.56. The highest BCUT2D eigenvalue weighted by atomic mass is 19.1. The highest BCUT2D eigenvalue weighted by Gasteiger charge is 2.04. The molecule has 18 heavy (non-hydrogen) atoms. The summed E-state index contributed by atoms with van der Waals surface area (Å²) in [6, 6.07) is 1.91. The van der Waals surface area contributed by atoms with Crippen molar-refractivity contribution in [1.82, 2.24) is 20.3 Å². The van der Waals surface area contributed by atoms with E-state index in [1.54, 1.807) is 12.4 Å². The van der Waals surface area contributed by atoms with Gasteiger partial charge in [-0.25, -0.2) is 9.37 Å². The molecule has 0 unspecified atom stereocenters. The number of imidazole rings is 1. The molecule has 0 spiro atoms. The second-order valence-corrected chi connectivity index (χ2v) is 4.49. The number of hydrogen-bond donors (Lipinski definition) is 2. The van der Waals surface area contributed by atoms with Crippen molar-refractivity contribution in [2.45, 2.75) is 26.3 Å². The van der Waals surface area contributed by atoms with Crippen molar-refractivity contribution in [1.29, 1.82) is 0 Å². The van der Waals surface area contributed by atoms with Gasteiger partial charge < -0.3 is 10.3 Å². The van der Waals surface area contributed by atoms with Crippen LogP contribution in [0.1, 0.15) is 19.7 Å². The monoisotopic (exact) mass is 248 g/mol. The summed E-state index contributed by atoms with van der Waals surface area (Å²) in [7, 11) is 0. The minimum Gasteiger partial charge on any atom is -0.342 e. The zero-order valence-corrected chi connectivity index (χ0v) is 10.6. The van der Waals surface area contributed by atoms with Gasteiger partial charge in [-0.3, -0.25) is 4.98 Å². The summed E-state index contributed by atoms with van der Waals surface area (Å²) < 4.78 is 13.0. The lowest BCUT2D eigenvalue weighted by atomic mass is 10.2. The van der Waals surface area contributed by atoms with E-state index in [1.165, 1.54) is 12.3 Å². The summed E-state index contributed by atoms with van der Waals surface area (Å²) in [6.45, 7) is 5.07. The number of aromatic amines is 1. The van der Waals surface area contributed by atoms with E-state index in [0.717, 1.165) is 24.5 Å². The number of rotatable bonds is 5. The molecule has 2 aromatic heterocycles. The normalized spacial score (nSPS) is 11.1. The van der Waals surface area contributed by atoms with Crippen LogP contribution >= 0.6 is 0 Å². The Morgan fingerprint density at radius 3 is 2.89 bits per heavy atom. The van der Waals surface area contributed by atoms with Gasteiger partial charge in [-0.05, 0) is 6.07 Å². The van der Waals surface area contributed by atoms with Crippen LogP contribution in [0.4, 0.5) is 4.39 Å². The lowest BCUT2D eigenvalue weighted by Gasteiger charge is -2.05. The number of pyridine rings is 1. The van der Waals surface area contributed by atoms with E-state index in [0.29, 0.717) is 11.6 Å². The molecular formula is C13H17FN4. The van der Waals surface area contributed by atoms with Crippen LogP contribution in [-0.4, -0.2) is 27.5 Å². The van der Waals surface area contributed by atoms with Crippen LogP contribution in [0.3, 0.4) is 0 Å². The lowest BCUT2D eigenvalue weighted by molar-refractivity contribution is 0.584. The Hall–Kier alpha value is -1.75. The zero-order chi connectivity index (χ0) is 13.0. The molecule has 0 aliphatic rings. The van der Waals surface area contributed by atoms with Crippen LogP contribution in [0, 0.1) is 5.82 Å². The van der Waals surface area contributed by atoms with Crippen molar-refractivity contribution in [2.75, 3.05) is 6.54 Å². The summed E-state index contributed by atoms with van der Waals surface area (Å²) in [4.78, 5) is 11.3. The molecular weight excluding hydrogens is 231 g/mol. The van der Waals surface area contributed by atoms with E-state index < -0.39 is 0 Å². The average Bonchev–Trinajstić information content (AvgIpc) is 2.77. The largest absolute Gasteiger partial charge is 0.342 e. The number of hydrogen-bond acceptors (Lipinski definition) is 3. The SMILES string of the molecule is CC(C)NCCc1ncc(-c2cncc(F)c2)[nH]1. The van der Waals surface area contributed by atoms with Crippen LogP contribution in [0.25, 0.3) is 11.3 Å². The Bertz CT molecular complexity index is 507. The third kappa shape index (κ3) is 3.37. The molecule has 2 aromatic rings. The van der Waals surface area contributed by atoms with Crippen molar-refractivity contribution in [3.05, 3.63) is 36.3 Å². The first-order valence-corrected chi connectivity index (χ1v) is 6.03. The fourth-order valence-electron chi connectivity index (χ4n) is 1.67. The van der Waals surface area contributed by atoms with Gasteiger partial charge in [0.25, 0.3) is 0 Å². The number of H-pyrrole nitrogens is 1. The van der Waals surface area contributed by atoms with E-state index in [9.17, 15) is 4.39 Å². The molecule has 0 fully saturated rings. The van der Waals surface area contributed by atoms with Gasteiger partial charge in [0, 0.05) is 30.8 Å². The van der Waals surface area contributed by atoms with E-state index in [1.807, 2.05) is 0 Å². The maximum absolute atomic E-state index is 13.0. The van der Waals surface area contributed by atoms with Gasteiger partial charge in [0.1, 0.15) is 11.6 Å². The van der Waals surface area contributed by atoms with Gasteiger partial charge >= 0.3 is 0 Å². The predicted molar refractivity (Wildman–Crippen MR) is 68.6 cm³/mol. The van der Waals surface area contributed by atoms with Gasteiger partial charge in [0.2, 0.25) is 0 Å². The molecule has 96 valence electrons. The van der Waals surface area contributed by atoms with Crippen molar-refractivity contribution in [3.63, 3.8) is 0 Å². The standard InChI is InChI=1S/C13H17FN4/c1-9(2)16-4-3-13-17-8-12(18-13)10-5-11(14)7-15-6-10/h5-9,16H,3-4H2,1-2H3,(H,17,18). The van der Waals surface area contributed by atoms with Crippen LogP contribution in [0.5, 0.6) is 0 Å². The van der Waals surface area contributed by atoms with Crippen molar-refractivity contribution < 1.29 is 4.39 Å². The van der Waals surface area contributed by atoms with E-state index in [4.69, 9.17) is 0 Å². The van der Waals surface area contributed by atoms with Crippen LogP contribution in [-0.2, 0) is 6.42 Å². The molecule has 0 bridgehead atoms. The average molecular weight is 248 g/mol. The minimum atomic E-state index is -0.342. The second-order valence-electron chi connectivity index (χ2n) is 4.49. The Morgan fingerprint density at radius 2 is 2.17 bits per heavy atom. The Morgan fingerprint density at radius 1 is 1.33 bits per heavy atom. The molecule has 0 aliphatic heterocycles. The first-order valence-electron chi connectivity index (χ1n) is 6.03. The number of aromatic nitrogens is 3. The fraction of sp³-hybridized carbons (Fsp3) is 0.385. The summed E-state index contributed by atoms with van der Waals surface area (Å²) in [5, 5.41) is 3.32. The van der Waals surface area contributed by atoms with E-state index >= 15 is 0 Å². The Balaban J connectivity index is 2.02. The van der Waals surface area contributed by atoms with Crippen molar-refractivity contribution in [2.24, 2.45) is 0 Å². The molecule has 0 radical (unpaired) electrons. The minimum absolute atomic E-state index is 0.342. The van der Waals surface area contributed by atoms with Gasteiger partial charge in [-0.15, -0.1) is 0 Å². The molecule has 0 aromatic carbocycles. The first kappa shape index (κ1) is 12.7. The molecule has 0 saturated heterocycles. The first-order chi connectivity index (χ1) is 8.65. The molecule has 4 nitrogen and oxygen atoms in total. The molecule has 0 amide bonds. The summed E-state index contributed by atoms with van der Waals surface area (Å²) >= 11 is 0. The van der Waals surface area contributed by atoms with Crippen LogP contribution in [0.2, 0.25) is 0 Å². The second kappa shape index (κ2) is 5.73. The van der Waals surface area contributed by atoms with Gasteiger partial charge in [-0.1, -0.05) is 13.8 Å². The van der Waals surface area contributed by atoms with Gasteiger partial charge in [-0.2, -0.15) is 0 Å². The molecule has 0 atom stereocenters. The molecule has 0 aliphatic carbocycles. The predicted octanol–water partition coefficient (Wildman–Crippen LogP) is 2.15. The lowest BCUT2D eigenvalue weighted by Crippen LogP contribution is -2.25. The Labute approximate surface area is 106 Å². The summed E-state index contributed by atoms with van der Waals surface area (Å²) in [6.07, 6.45) is 5.34. The maximum Gasteiger partial charge on any atom is 0.142 e.